The Bertz CT molecular complexity index is 230. The van der Waals surface area contributed by atoms with E-state index in [4.69, 9.17) is 16.3 Å². The molecule has 1 rings (SSSR count). The topological polar surface area (TPSA) is 26.3 Å². The molecule has 0 radical (unpaired) electrons. The van der Waals surface area contributed by atoms with E-state index in [-0.39, 0.29) is 6.61 Å². The maximum Gasteiger partial charge on any atom is 0.157 e. The summed E-state index contributed by atoms with van der Waals surface area (Å²) in [5.74, 6) is 0.654. The Hall–Kier alpha value is -1.02. The monoisotopic (exact) mass is 170 g/mol. The van der Waals surface area contributed by atoms with Gasteiger partial charge in [-0.3, -0.25) is 4.79 Å². The van der Waals surface area contributed by atoms with Crippen LogP contribution in [0.2, 0.25) is 5.02 Å². The molecular formula is C8H7ClO2. The van der Waals surface area contributed by atoms with Crippen LogP contribution in [0.15, 0.2) is 24.3 Å². The molecule has 0 aliphatic heterocycles. The van der Waals surface area contributed by atoms with Crippen molar-refractivity contribution in [3.8, 4) is 5.75 Å². The van der Waals surface area contributed by atoms with Crippen molar-refractivity contribution in [2.24, 2.45) is 0 Å². The van der Waals surface area contributed by atoms with Crippen LogP contribution in [0.5, 0.6) is 5.75 Å². The minimum atomic E-state index is 0.0850. The molecule has 0 atom stereocenters. The normalized spacial score (nSPS) is 9.18. The van der Waals surface area contributed by atoms with Gasteiger partial charge in [-0.25, -0.2) is 0 Å². The zero-order valence-corrected chi connectivity index (χ0v) is 6.54. The summed E-state index contributed by atoms with van der Waals surface area (Å²) in [6, 6.07) is 6.85. The summed E-state index contributed by atoms with van der Waals surface area (Å²) in [5, 5.41) is 0.656. The fourth-order valence-electron chi connectivity index (χ4n) is 0.661. The molecule has 0 heterocycles. The van der Waals surface area contributed by atoms with E-state index in [0.717, 1.165) is 0 Å². The van der Waals surface area contributed by atoms with E-state index in [2.05, 4.69) is 0 Å². The van der Waals surface area contributed by atoms with Gasteiger partial charge in [-0.1, -0.05) is 11.6 Å². The summed E-state index contributed by atoms with van der Waals surface area (Å²) in [6.07, 6.45) is 0.703. The van der Waals surface area contributed by atoms with Crippen LogP contribution in [0.25, 0.3) is 0 Å². The van der Waals surface area contributed by atoms with E-state index in [0.29, 0.717) is 17.1 Å². The minimum absolute atomic E-state index is 0.0850. The number of hydrogen-bond acceptors (Lipinski definition) is 2. The van der Waals surface area contributed by atoms with Crippen molar-refractivity contribution in [3.05, 3.63) is 29.3 Å². The third kappa shape index (κ3) is 2.60. The second-order valence-electron chi connectivity index (χ2n) is 1.93. The van der Waals surface area contributed by atoms with Crippen LogP contribution in [-0.2, 0) is 4.79 Å². The Morgan fingerprint density at radius 3 is 2.55 bits per heavy atom. The smallest absolute Gasteiger partial charge is 0.157 e. The van der Waals surface area contributed by atoms with Gasteiger partial charge in [0.15, 0.2) is 6.29 Å². The third-order valence-electron chi connectivity index (χ3n) is 1.13. The number of ether oxygens (including phenoxy) is 1. The highest BCUT2D eigenvalue weighted by molar-refractivity contribution is 6.30. The number of rotatable bonds is 3. The molecule has 0 N–H and O–H groups in total. The zero-order valence-electron chi connectivity index (χ0n) is 5.79. The molecule has 0 aromatic heterocycles. The number of hydrogen-bond donors (Lipinski definition) is 0. The fraction of sp³-hybridized carbons (Fsp3) is 0.125. The molecule has 0 fully saturated rings. The molecule has 2 nitrogen and oxygen atoms in total. The third-order valence-corrected chi connectivity index (χ3v) is 1.38. The first-order chi connectivity index (χ1) is 5.33. The van der Waals surface area contributed by atoms with E-state index in [1.807, 2.05) is 0 Å². The number of aldehydes is 1. The van der Waals surface area contributed by atoms with Crippen molar-refractivity contribution in [2.45, 2.75) is 0 Å². The molecule has 0 aliphatic rings. The first kappa shape index (κ1) is 8.08. The molecule has 3 heteroatoms. The predicted molar refractivity (Wildman–Crippen MR) is 43.0 cm³/mol. The van der Waals surface area contributed by atoms with Crippen molar-refractivity contribution in [3.63, 3.8) is 0 Å². The molecule has 0 bridgehead atoms. The van der Waals surface area contributed by atoms with Crippen molar-refractivity contribution in [2.75, 3.05) is 6.61 Å². The number of halogens is 1. The molecule has 0 saturated heterocycles. The minimum Gasteiger partial charge on any atom is -0.486 e. The Morgan fingerprint density at radius 2 is 2.00 bits per heavy atom. The van der Waals surface area contributed by atoms with Crippen molar-refractivity contribution < 1.29 is 9.53 Å². The first-order valence-corrected chi connectivity index (χ1v) is 3.53. The van der Waals surface area contributed by atoms with Gasteiger partial charge in [-0.15, -0.1) is 0 Å². The van der Waals surface area contributed by atoms with Gasteiger partial charge in [0.25, 0.3) is 0 Å². The highest BCUT2D eigenvalue weighted by Gasteiger charge is 1.90. The Morgan fingerprint density at radius 1 is 1.36 bits per heavy atom. The first-order valence-electron chi connectivity index (χ1n) is 3.15. The van der Waals surface area contributed by atoms with Crippen LogP contribution in [0, 0.1) is 0 Å². The van der Waals surface area contributed by atoms with Crippen molar-refractivity contribution in [1.29, 1.82) is 0 Å². The van der Waals surface area contributed by atoms with Crippen LogP contribution < -0.4 is 4.74 Å². The molecule has 0 unspecified atom stereocenters. The Labute approximate surface area is 69.7 Å². The standard InChI is InChI=1S/C8H7ClO2/c9-7-1-3-8(4-2-7)11-6-5-10/h1-5H,6H2. The molecular weight excluding hydrogens is 164 g/mol. The van der Waals surface area contributed by atoms with Gasteiger partial charge >= 0.3 is 0 Å². The van der Waals surface area contributed by atoms with Gasteiger partial charge in [0.1, 0.15) is 12.4 Å². The molecule has 0 amide bonds. The lowest BCUT2D eigenvalue weighted by Crippen LogP contribution is -1.96. The average molecular weight is 171 g/mol. The summed E-state index contributed by atoms with van der Waals surface area (Å²) < 4.78 is 4.98. The quantitative estimate of drug-likeness (QED) is 0.648. The summed E-state index contributed by atoms with van der Waals surface area (Å²) in [4.78, 5) is 9.89. The van der Waals surface area contributed by atoms with Gasteiger partial charge in [0.2, 0.25) is 0 Å². The van der Waals surface area contributed by atoms with Crippen LogP contribution in [0.3, 0.4) is 0 Å². The zero-order chi connectivity index (χ0) is 8.10. The van der Waals surface area contributed by atoms with Gasteiger partial charge in [-0.05, 0) is 24.3 Å². The lowest BCUT2D eigenvalue weighted by atomic mass is 10.3. The van der Waals surface area contributed by atoms with Gasteiger partial charge in [-0.2, -0.15) is 0 Å². The van der Waals surface area contributed by atoms with Crippen LogP contribution in [0.4, 0.5) is 0 Å². The molecule has 58 valence electrons. The van der Waals surface area contributed by atoms with Crippen LogP contribution in [0.1, 0.15) is 0 Å². The largest absolute Gasteiger partial charge is 0.486 e. The maximum absolute atomic E-state index is 9.89. The summed E-state index contributed by atoms with van der Waals surface area (Å²) in [5.41, 5.74) is 0. The maximum atomic E-state index is 9.89. The fourth-order valence-corrected chi connectivity index (χ4v) is 0.787. The molecule has 1 aromatic rings. The average Bonchev–Trinajstić information content (AvgIpc) is 2.04. The summed E-state index contributed by atoms with van der Waals surface area (Å²) in [6.45, 7) is 0.0850. The number of benzene rings is 1. The molecule has 11 heavy (non-hydrogen) atoms. The van der Waals surface area contributed by atoms with E-state index in [9.17, 15) is 4.79 Å². The van der Waals surface area contributed by atoms with E-state index < -0.39 is 0 Å². The summed E-state index contributed by atoms with van der Waals surface area (Å²) in [7, 11) is 0. The highest BCUT2D eigenvalue weighted by atomic mass is 35.5. The van der Waals surface area contributed by atoms with Crippen LogP contribution >= 0.6 is 11.6 Å². The van der Waals surface area contributed by atoms with Gasteiger partial charge in [0.05, 0.1) is 0 Å². The molecule has 0 spiro atoms. The van der Waals surface area contributed by atoms with Gasteiger partial charge < -0.3 is 4.74 Å². The number of carbonyl (C=O) groups is 1. The highest BCUT2D eigenvalue weighted by Crippen LogP contribution is 2.14. The van der Waals surface area contributed by atoms with Gasteiger partial charge in [0, 0.05) is 5.02 Å². The molecule has 1 aromatic carbocycles. The van der Waals surface area contributed by atoms with E-state index in [1.54, 1.807) is 24.3 Å². The Kier molecular flexibility index (Phi) is 2.93. The van der Waals surface area contributed by atoms with Crippen molar-refractivity contribution in [1.82, 2.24) is 0 Å². The lowest BCUT2D eigenvalue weighted by molar-refractivity contribution is -0.109. The second-order valence-corrected chi connectivity index (χ2v) is 2.37. The van der Waals surface area contributed by atoms with E-state index in [1.165, 1.54) is 0 Å². The second kappa shape index (κ2) is 3.98. The Balaban J connectivity index is 2.58. The lowest BCUT2D eigenvalue weighted by Gasteiger charge is -1.99. The predicted octanol–water partition coefficient (Wildman–Crippen LogP) is 1.92. The summed E-state index contributed by atoms with van der Waals surface area (Å²) >= 11 is 5.62. The molecule has 0 saturated carbocycles. The van der Waals surface area contributed by atoms with Crippen molar-refractivity contribution >= 4 is 17.9 Å². The molecule has 0 aliphatic carbocycles. The SMILES string of the molecule is O=CCOc1ccc(Cl)cc1. The number of carbonyl (C=O) groups excluding carboxylic acids is 1. The van der Waals surface area contributed by atoms with E-state index >= 15 is 0 Å². The van der Waals surface area contributed by atoms with Crippen LogP contribution in [-0.4, -0.2) is 12.9 Å².